The van der Waals surface area contributed by atoms with E-state index in [-0.39, 0.29) is 11.9 Å². The molecule has 0 radical (unpaired) electrons. The van der Waals surface area contributed by atoms with Crippen LogP contribution in [0.2, 0.25) is 0 Å². The van der Waals surface area contributed by atoms with Crippen LogP contribution >= 0.6 is 0 Å². The number of carbonyl (C=O) groups is 1. The first-order valence-corrected chi connectivity index (χ1v) is 9.69. The fraction of sp³-hybridized carbons (Fsp3) is 0.478. The molecule has 1 amide bonds. The number of ether oxygens (including phenoxy) is 1. The van der Waals surface area contributed by atoms with E-state index in [1.165, 1.54) is 16.7 Å². The van der Waals surface area contributed by atoms with Crippen molar-refractivity contribution in [2.45, 2.75) is 58.6 Å². The van der Waals surface area contributed by atoms with Crippen molar-refractivity contribution in [1.29, 1.82) is 0 Å². The van der Waals surface area contributed by atoms with Gasteiger partial charge in [-0.15, -0.1) is 0 Å². The molecule has 0 aliphatic carbocycles. The summed E-state index contributed by atoms with van der Waals surface area (Å²) in [5.74, 6) is 0.0380. The molecule has 1 aromatic heterocycles. The molecule has 1 aliphatic rings. The van der Waals surface area contributed by atoms with Gasteiger partial charge in [0.25, 0.3) is 5.91 Å². The normalized spacial score (nSPS) is 17.4. The number of rotatable bonds is 5. The first-order chi connectivity index (χ1) is 12.8. The van der Waals surface area contributed by atoms with E-state index in [9.17, 15) is 4.79 Å². The van der Waals surface area contributed by atoms with Gasteiger partial charge < -0.3 is 9.64 Å². The highest BCUT2D eigenvalue weighted by molar-refractivity contribution is 5.85. The van der Waals surface area contributed by atoms with E-state index in [0.29, 0.717) is 0 Å². The number of carbonyl (C=O) groups excluding carboxylic acids is 1. The summed E-state index contributed by atoms with van der Waals surface area (Å²) in [6.07, 6.45) is 2.83. The van der Waals surface area contributed by atoms with Crippen molar-refractivity contribution in [3.8, 4) is 0 Å². The number of methoxy groups -OCH3 is 1. The molecule has 0 spiro atoms. The molecule has 0 unspecified atom stereocenters. The Morgan fingerprint density at radius 3 is 2.70 bits per heavy atom. The second-order valence-corrected chi connectivity index (χ2v) is 8.08. The SMILES string of the molecule is COC(C)(C)C(=O)N1CCC[C@@H]1c1cc(Cc2cccc(C)c2)cc(C)n1. The average Bonchev–Trinajstić information content (AvgIpc) is 3.10. The quantitative estimate of drug-likeness (QED) is 0.789. The number of aromatic nitrogens is 1. The zero-order chi connectivity index (χ0) is 19.6. The van der Waals surface area contributed by atoms with E-state index < -0.39 is 5.60 Å². The van der Waals surface area contributed by atoms with Gasteiger partial charge in [0, 0.05) is 19.3 Å². The standard InChI is InChI=1S/C23H30N2O2/c1-16-8-6-9-18(12-16)14-19-13-17(2)24-20(15-19)21-10-7-11-25(21)22(26)23(3,4)27-5/h6,8-9,12-13,15,21H,7,10-11,14H2,1-5H3/t21-/m1/s1. The topological polar surface area (TPSA) is 42.4 Å². The van der Waals surface area contributed by atoms with E-state index in [1.54, 1.807) is 7.11 Å². The molecule has 1 atom stereocenters. The van der Waals surface area contributed by atoms with Gasteiger partial charge >= 0.3 is 0 Å². The average molecular weight is 367 g/mol. The van der Waals surface area contributed by atoms with E-state index in [1.807, 2.05) is 25.7 Å². The monoisotopic (exact) mass is 366 g/mol. The molecule has 4 nitrogen and oxygen atoms in total. The molecule has 0 bridgehead atoms. The minimum atomic E-state index is -0.809. The van der Waals surface area contributed by atoms with Gasteiger partial charge in [0.1, 0.15) is 5.60 Å². The zero-order valence-corrected chi connectivity index (χ0v) is 17.1. The van der Waals surface area contributed by atoms with Gasteiger partial charge in [-0.3, -0.25) is 9.78 Å². The van der Waals surface area contributed by atoms with Gasteiger partial charge in [0.2, 0.25) is 0 Å². The van der Waals surface area contributed by atoms with Crippen molar-refractivity contribution in [3.63, 3.8) is 0 Å². The van der Waals surface area contributed by atoms with Crippen LogP contribution in [0.5, 0.6) is 0 Å². The fourth-order valence-corrected chi connectivity index (χ4v) is 3.85. The Kier molecular flexibility index (Phi) is 5.66. The minimum Gasteiger partial charge on any atom is -0.369 e. The second-order valence-electron chi connectivity index (χ2n) is 8.08. The van der Waals surface area contributed by atoms with Crippen molar-refractivity contribution in [3.05, 3.63) is 64.5 Å². The second kappa shape index (κ2) is 7.81. The predicted octanol–water partition coefficient (Wildman–Crippen LogP) is 4.38. The number of amides is 1. The fourth-order valence-electron chi connectivity index (χ4n) is 3.85. The Morgan fingerprint density at radius 2 is 2.00 bits per heavy atom. The molecule has 0 N–H and O–H groups in total. The van der Waals surface area contributed by atoms with Crippen LogP contribution in [0.3, 0.4) is 0 Å². The van der Waals surface area contributed by atoms with Gasteiger partial charge in [-0.1, -0.05) is 29.8 Å². The molecular weight excluding hydrogens is 336 g/mol. The summed E-state index contributed by atoms with van der Waals surface area (Å²) >= 11 is 0. The van der Waals surface area contributed by atoms with Crippen molar-refractivity contribution in [1.82, 2.24) is 9.88 Å². The Labute approximate surface area is 162 Å². The van der Waals surface area contributed by atoms with Crippen LogP contribution < -0.4 is 0 Å². The molecule has 1 saturated heterocycles. The molecule has 2 aromatic rings. The summed E-state index contributed by atoms with van der Waals surface area (Å²) in [7, 11) is 1.59. The maximum absolute atomic E-state index is 13.0. The summed E-state index contributed by atoms with van der Waals surface area (Å²) in [6, 6.07) is 13.0. The molecule has 1 aliphatic heterocycles. The molecule has 0 saturated carbocycles. The van der Waals surface area contributed by atoms with E-state index in [2.05, 4.69) is 43.3 Å². The molecule has 3 rings (SSSR count). The van der Waals surface area contributed by atoms with Crippen molar-refractivity contribution in [2.75, 3.05) is 13.7 Å². The Hall–Kier alpha value is -2.20. The number of nitrogens with zero attached hydrogens (tertiary/aromatic N) is 2. The molecule has 144 valence electrons. The van der Waals surface area contributed by atoms with Gasteiger partial charge in [0.05, 0.1) is 11.7 Å². The summed E-state index contributed by atoms with van der Waals surface area (Å²) in [5.41, 5.74) is 5.00. The Balaban J connectivity index is 1.88. The number of likely N-dealkylation sites (tertiary alicyclic amines) is 1. The molecule has 1 fully saturated rings. The predicted molar refractivity (Wildman–Crippen MR) is 108 cm³/mol. The molecule has 2 heterocycles. The number of aryl methyl sites for hydroxylation is 2. The first kappa shape index (κ1) is 19.6. The smallest absolute Gasteiger partial charge is 0.254 e. The van der Waals surface area contributed by atoms with E-state index in [4.69, 9.17) is 9.72 Å². The third-order valence-corrected chi connectivity index (χ3v) is 5.40. The zero-order valence-electron chi connectivity index (χ0n) is 17.1. The van der Waals surface area contributed by atoms with Crippen LogP contribution in [0.25, 0.3) is 0 Å². The molecule has 27 heavy (non-hydrogen) atoms. The molecule has 1 aromatic carbocycles. The van der Waals surface area contributed by atoms with Gasteiger partial charge in [0.15, 0.2) is 0 Å². The highest BCUT2D eigenvalue weighted by Crippen LogP contribution is 2.34. The highest BCUT2D eigenvalue weighted by atomic mass is 16.5. The number of hydrogen-bond donors (Lipinski definition) is 0. The largest absolute Gasteiger partial charge is 0.369 e. The lowest BCUT2D eigenvalue weighted by Gasteiger charge is -2.32. The van der Waals surface area contributed by atoms with Crippen molar-refractivity contribution < 1.29 is 9.53 Å². The summed E-state index contributed by atoms with van der Waals surface area (Å²) < 4.78 is 5.42. The number of hydrogen-bond acceptors (Lipinski definition) is 3. The lowest BCUT2D eigenvalue weighted by molar-refractivity contribution is -0.152. The van der Waals surface area contributed by atoms with Crippen LogP contribution in [0.15, 0.2) is 36.4 Å². The lowest BCUT2D eigenvalue weighted by atomic mass is 10.00. The van der Waals surface area contributed by atoms with Crippen LogP contribution in [0, 0.1) is 13.8 Å². The molecule has 4 heteroatoms. The van der Waals surface area contributed by atoms with Crippen molar-refractivity contribution >= 4 is 5.91 Å². The van der Waals surface area contributed by atoms with Crippen LogP contribution in [0.4, 0.5) is 0 Å². The maximum atomic E-state index is 13.0. The first-order valence-electron chi connectivity index (χ1n) is 9.69. The van der Waals surface area contributed by atoms with Crippen LogP contribution in [0.1, 0.15) is 60.8 Å². The third kappa shape index (κ3) is 4.38. The number of benzene rings is 1. The Morgan fingerprint density at radius 1 is 1.22 bits per heavy atom. The summed E-state index contributed by atoms with van der Waals surface area (Å²) in [6.45, 7) is 8.57. The number of pyridine rings is 1. The van der Waals surface area contributed by atoms with E-state index in [0.717, 1.165) is 37.2 Å². The maximum Gasteiger partial charge on any atom is 0.254 e. The lowest BCUT2D eigenvalue weighted by Crippen LogP contribution is -2.46. The van der Waals surface area contributed by atoms with Gasteiger partial charge in [-0.05, 0) is 70.2 Å². The molecular formula is C23H30N2O2. The minimum absolute atomic E-state index is 0.0306. The van der Waals surface area contributed by atoms with E-state index >= 15 is 0 Å². The van der Waals surface area contributed by atoms with Gasteiger partial charge in [-0.2, -0.15) is 0 Å². The van der Waals surface area contributed by atoms with Crippen LogP contribution in [-0.2, 0) is 16.0 Å². The Bertz CT molecular complexity index is 829. The van der Waals surface area contributed by atoms with Crippen LogP contribution in [-0.4, -0.2) is 35.0 Å². The summed E-state index contributed by atoms with van der Waals surface area (Å²) in [5, 5.41) is 0. The highest BCUT2D eigenvalue weighted by Gasteiger charge is 2.39. The third-order valence-electron chi connectivity index (χ3n) is 5.40. The summed E-state index contributed by atoms with van der Waals surface area (Å²) in [4.78, 5) is 19.7. The van der Waals surface area contributed by atoms with Gasteiger partial charge in [-0.25, -0.2) is 0 Å². The van der Waals surface area contributed by atoms with Crippen molar-refractivity contribution in [2.24, 2.45) is 0 Å².